The van der Waals surface area contributed by atoms with Crippen LogP contribution in [0.3, 0.4) is 0 Å². The normalized spacial score (nSPS) is 10.7. The molecule has 0 atom stereocenters. The molecule has 1 amide bonds. The Hall–Kier alpha value is -3.68. The van der Waals surface area contributed by atoms with Crippen molar-refractivity contribution in [2.45, 2.75) is 6.54 Å². The van der Waals surface area contributed by atoms with Crippen LogP contribution in [0.5, 0.6) is 11.5 Å². The number of pyridine rings is 1. The van der Waals surface area contributed by atoms with Crippen molar-refractivity contribution in [3.63, 3.8) is 0 Å². The second-order valence-electron chi connectivity index (χ2n) is 5.52. The molecule has 27 heavy (non-hydrogen) atoms. The smallest absolute Gasteiger partial charge is 0.244 e. The minimum absolute atomic E-state index is 0.231. The van der Waals surface area contributed by atoms with E-state index in [4.69, 9.17) is 9.47 Å². The molecule has 0 saturated carbocycles. The molecule has 0 aliphatic rings. The van der Waals surface area contributed by atoms with E-state index in [1.54, 1.807) is 49.6 Å². The van der Waals surface area contributed by atoms with Crippen molar-refractivity contribution in [2.75, 3.05) is 14.2 Å². The molecule has 0 saturated heterocycles. The Labute approximate surface area is 156 Å². The van der Waals surface area contributed by atoms with Crippen molar-refractivity contribution in [1.29, 1.82) is 0 Å². The Morgan fingerprint density at radius 1 is 1.22 bits per heavy atom. The number of hydrogen-bond donors (Lipinski definition) is 1. The summed E-state index contributed by atoms with van der Waals surface area (Å²) in [4.78, 5) is 20.4. The number of benzene rings is 1. The van der Waals surface area contributed by atoms with E-state index in [-0.39, 0.29) is 5.91 Å². The van der Waals surface area contributed by atoms with Gasteiger partial charge in [-0.05, 0) is 29.8 Å². The number of ether oxygens (including phenoxy) is 2. The number of aromatic nitrogens is 4. The van der Waals surface area contributed by atoms with Gasteiger partial charge in [0.1, 0.15) is 24.2 Å². The van der Waals surface area contributed by atoms with E-state index in [0.29, 0.717) is 23.9 Å². The minimum Gasteiger partial charge on any atom is -0.497 e. The topological polar surface area (TPSA) is 91.2 Å². The predicted octanol–water partition coefficient (Wildman–Crippen LogP) is 2.01. The van der Waals surface area contributed by atoms with E-state index in [2.05, 4.69) is 20.4 Å². The van der Waals surface area contributed by atoms with Gasteiger partial charge in [-0.2, -0.15) is 5.10 Å². The number of carbonyl (C=O) groups is 1. The highest BCUT2D eigenvalue weighted by atomic mass is 16.5. The third kappa shape index (κ3) is 4.69. The van der Waals surface area contributed by atoms with E-state index in [1.165, 1.54) is 12.4 Å². The molecule has 8 nitrogen and oxygen atoms in total. The van der Waals surface area contributed by atoms with Crippen LogP contribution >= 0.6 is 0 Å². The van der Waals surface area contributed by atoms with Crippen molar-refractivity contribution in [3.8, 4) is 17.3 Å². The summed E-state index contributed by atoms with van der Waals surface area (Å²) in [5.41, 5.74) is 1.62. The van der Waals surface area contributed by atoms with Gasteiger partial charge >= 0.3 is 0 Å². The molecule has 0 radical (unpaired) electrons. The molecule has 1 N–H and O–H groups in total. The first-order chi connectivity index (χ1) is 13.2. The van der Waals surface area contributed by atoms with Gasteiger partial charge in [-0.3, -0.25) is 4.79 Å². The first-order valence-corrected chi connectivity index (χ1v) is 8.17. The number of rotatable bonds is 7. The van der Waals surface area contributed by atoms with Crippen LogP contribution in [-0.4, -0.2) is 39.9 Å². The van der Waals surface area contributed by atoms with Gasteiger partial charge in [0, 0.05) is 30.4 Å². The van der Waals surface area contributed by atoms with Crippen LogP contribution in [0.25, 0.3) is 11.9 Å². The molecule has 2 heterocycles. The van der Waals surface area contributed by atoms with E-state index in [9.17, 15) is 4.79 Å². The van der Waals surface area contributed by atoms with E-state index in [0.717, 1.165) is 11.1 Å². The Kier molecular flexibility index (Phi) is 5.78. The maximum atomic E-state index is 12.2. The summed E-state index contributed by atoms with van der Waals surface area (Å²) in [7, 11) is 3.16. The molecule has 3 rings (SSSR count). The number of amides is 1. The fourth-order valence-corrected chi connectivity index (χ4v) is 2.43. The molecule has 0 unspecified atom stereocenters. The molecule has 0 fully saturated rings. The second-order valence-corrected chi connectivity index (χ2v) is 5.52. The lowest BCUT2D eigenvalue weighted by Gasteiger charge is -2.08. The third-order valence-electron chi connectivity index (χ3n) is 3.76. The predicted molar refractivity (Wildman–Crippen MR) is 99.6 cm³/mol. The van der Waals surface area contributed by atoms with Gasteiger partial charge in [-0.25, -0.2) is 14.6 Å². The third-order valence-corrected chi connectivity index (χ3v) is 3.76. The maximum Gasteiger partial charge on any atom is 0.244 e. The summed E-state index contributed by atoms with van der Waals surface area (Å²) in [5.74, 6) is 1.70. The zero-order valence-electron chi connectivity index (χ0n) is 15.0. The monoisotopic (exact) mass is 365 g/mol. The Balaban J connectivity index is 1.67. The zero-order valence-corrected chi connectivity index (χ0v) is 15.0. The van der Waals surface area contributed by atoms with Crippen molar-refractivity contribution in [1.82, 2.24) is 25.1 Å². The summed E-state index contributed by atoms with van der Waals surface area (Å²) in [5, 5.41) is 6.91. The van der Waals surface area contributed by atoms with Gasteiger partial charge in [0.25, 0.3) is 0 Å². The summed E-state index contributed by atoms with van der Waals surface area (Å²) in [6.45, 7) is 0.313. The van der Waals surface area contributed by atoms with Crippen LogP contribution in [0.2, 0.25) is 0 Å². The molecule has 0 aliphatic carbocycles. The Morgan fingerprint density at radius 2 is 2.00 bits per heavy atom. The van der Waals surface area contributed by atoms with Crippen molar-refractivity contribution < 1.29 is 14.3 Å². The zero-order chi connectivity index (χ0) is 19.1. The van der Waals surface area contributed by atoms with Crippen LogP contribution in [0, 0.1) is 0 Å². The molecule has 0 aliphatic heterocycles. The molecular weight excluding hydrogens is 346 g/mol. The fraction of sp³-hybridized carbons (Fsp3) is 0.158. The molecule has 8 heteroatoms. The van der Waals surface area contributed by atoms with Crippen molar-refractivity contribution >= 4 is 12.0 Å². The number of nitrogens with zero attached hydrogens (tertiary/aromatic N) is 4. The van der Waals surface area contributed by atoms with Gasteiger partial charge in [0.2, 0.25) is 5.91 Å². The van der Waals surface area contributed by atoms with Gasteiger partial charge in [-0.15, -0.1) is 0 Å². The highest BCUT2D eigenvalue weighted by molar-refractivity contribution is 5.91. The van der Waals surface area contributed by atoms with Crippen molar-refractivity contribution in [3.05, 3.63) is 66.4 Å². The Morgan fingerprint density at radius 3 is 2.67 bits per heavy atom. The van der Waals surface area contributed by atoms with Gasteiger partial charge in [-0.1, -0.05) is 6.07 Å². The quantitative estimate of drug-likeness (QED) is 0.644. The van der Waals surface area contributed by atoms with Crippen LogP contribution in [-0.2, 0) is 11.3 Å². The second kappa shape index (κ2) is 8.61. The number of carbonyl (C=O) groups excluding carboxylic acids is 1. The van der Waals surface area contributed by atoms with Gasteiger partial charge < -0.3 is 14.8 Å². The SMILES string of the molecule is COc1cc(/C=C/C(=O)NCc2cccnc2-n2cncn2)cc(OC)c1. The number of methoxy groups -OCH3 is 2. The molecule has 0 spiro atoms. The fourth-order valence-electron chi connectivity index (χ4n) is 2.43. The number of hydrogen-bond acceptors (Lipinski definition) is 6. The number of nitrogens with one attached hydrogen (secondary N) is 1. The first kappa shape index (κ1) is 18.1. The summed E-state index contributed by atoms with van der Waals surface area (Å²) in [6, 6.07) is 9.08. The van der Waals surface area contributed by atoms with Crippen LogP contribution < -0.4 is 14.8 Å². The molecular formula is C19H19N5O3. The van der Waals surface area contributed by atoms with Crippen LogP contribution in [0.15, 0.2) is 55.3 Å². The highest BCUT2D eigenvalue weighted by Gasteiger charge is 2.07. The van der Waals surface area contributed by atoms with E-state index < -0.39 is 0 Å². The van der Waals surface area contributed by atoms with Crippen LogP contribution in [0.4, 0.5) is 0 Å². The van der Waals surface area contributed by atoms with Crippen LogP contribution in [0.1, 0.15) is 11.1 Å². The van der Waals surface area contributed by atoms with Gasteiger partial charge in [0.15, 0.2) is 5.82 Å². The van der Waals surface area contributed by atoms with E-state index >= 15 is 0 Å². The summed E-state index contributed by atoms with van der Waals surface area (Å²) >= 11 is 0. The molecule has 0 bridgehead atoms. The molecule has 3 aromatic rings. The Bertz CT molecular complexity index is 916. The maximum absolute atomic E-state index is 12.2. The standard InChI is InChI=1S/C19H19N5O3/c1-26-16-8-14(9-17(10-16)27-2)5-6-18(25)22-11-15-4-3-7-21-19(15)24-13-20-12-23-24/h3-10,12-13H,11H2,1-2H3,(H,22,25)/b6-5+. The average molecular weight is 365 g/mol. The largest absolute Gasteiger partial charge is 0.497 e. The summed E-state index contributed by atoms with van der Waals surface area (Å²) in [6.07, 6.45) is 7.81. The summed E-state index contributed by atoms with van der Waals surface area (Å²) < 4.78 is 12.0. The minimum atomic E-state index is -0.231. The highest BCUT2D eigenvalue weighted by Crippen LogP contribution is 2.23. The van der Waals surface area contributed by atoms with E-state index in [1.807, 2.05) is 18.2 Å². The van der Waals surface area contributed by atoms with Gasteiger partial charge in [0.05, 0.1) is 14.2 Å². The lowest BCUT2D eigenvalue weighted by atomic mass is 10.2. The molecule has 1 aromatic carbocycles. The average Bonchev–Trinajstić information content (AvgIpc) is 3.25. The van der Waals surface area contributed by atoms with Crippen molar-refractivity contribution in [2.24, 2.45) is 0 Å². The molecule has 2 aromatic heterocycles. The first-order valence-electron chi connectivity index (χ1n) is 8.17. The molecule has 138 valence electrons. The lowest BCUT2D eigenvalue weighted by molar-refractivity contribution is -0.116. The lowest BCUT2D eigenvalue weighted by Crippen LogP contribution is -2.21.